The van der Waals surface area contributed by atoms with Crippen molar-refractivity contribution < 1.29 is 0 Å². The van der Waals surface area contributed by atoms with Gasteiger partial charge in [-0.3, -0.25) is 0 Å². The van der Waals surface area contributed by atoms with E-state index in [9.17, 15) is 0 Å². The SMILES string of the molecule is CC1(C)c2ccccc2-c2c(-c3ccc(-c4nc(-c5ccccc5)cc(-c5cc(-c6ccccc6)cc(-c6ccc7sc8ccccc8c7c6)c5)n4)cc3)cccc21. The normalized spacial score (nSPS) is 12.8. The van der Waals surface area contributed by atoms with Crippen molar-refractivity contribution in [2.45, 2.75) is 19.3 Å². The molecule has 3 heteroatoms. The Morgan fingerprint density at radius 3 is 1.72 bits per heavy atom. The zero-order valence-corrected chi connectivity index (χ0v) is 33.1. The molecule has 11 rings (SSSR count). The van der Waals surface area contributed by atoms with Crippen LogP contribution in [0.3, 0.4) is 0 Å². The van der Waals surface area contributed by atoms with Gasteiger partial charge >= 0.3 is 0 Å². The number of hydrogen-bond acceptors (Lipinski definition) is 3. The lowest BCUT2D eigenvalue weighted by atomic mass is 9.82. The highest BCUT2D eigenvalue weighted by molar-refractivity contribution is 7.25. The maximum Gasteiger partial charge on any atom is 0.160 e. The van der Waals surface area contributed by atoms with Gasteiger partial charge in [0.05, 0.1) is 11.4 Å². The Labute approximate surface area is 342 Å². The monoisotopic (exact) mass is 758 g/mol. The summed E-state index contributed by atoms with van der Waals surface area (Å²) >= 11 is 1.85. The van der Waals surface area contributed by atoms with Crippen molar-refractivity contribution in [3.63, 3.8) is 0 Å². The summed E-state index contributed by atoms with van der Waals surface area (Å²) in [5.74, 6) is 0.700. The molecule has 0 aliphatic heterocycles. The largest absolute Gasteiger partial charge is 0.228 e. The van der Waals surface area contributed by atoms with Gasteiger partial charge in [0.2, 0.25) is 0 Å². The molecule has 0 bridgehead atoms. The highest BCUT2D eigenvalue weighted by Crippen LogP contribution is 2.52. The van der Waals surface area contributed by atoms with E-state index >= 15 is 0 Å². The summed E-state index contributed by atoms with van der Waals surface area (Å²) in [5, 5.41) is 2.59. The molecule has 0 spiro atoms. The summed E-state index contributed by atoms with van der Waals surface area (Å²) in [6, 6.07) is 70.1. The van der Waals surface area contributed by atoms with Crippen LogP contribution in [0.5, 0.6) is 0 Å². The topological polar surface area (TPSA) is 25.8 Å². The van der Waals surface area contributed by atoms with E-state index in [-0.39, 0.29) is 5.41 Å². The molecular formula is C55H38N2S. The van der Waals surface area contributed by atoms with Gasteiger partial charge in [-0.25, -0.2) is 9.97 Å². The summed E-state index contributed by atoms with van der Waals surface area (Å²) in [5.41, 5.74) is 17.3. The predicted molar refractivity (Wildman–Crippen MR) is 245 cm³/mol. The van der Waals surface area contributed by atoms with Crippen molar-refractivity contribution in [1.29, 1.82) is 0 Å². The average Bonchev–Trinajstić information content (AvgIpc) is 3.78. The summed E-state index contributed by atoms with van der Waals surface area (Å²) in [6.07, 6.45) is 0. The quantitative estimate of drug-likeness (QED) is 0.169. The van der Waals surface area contributed by atoms with Crippen molar-refractivity contribution in [2.75, 3.05) is 0 Å². The van der Waals surface area contributed by atoms with E-state index in [4.69, 9.17) is 9.97 Å². The second-order valence-corrected chi connectivity index (χ2v) is 16.9. The zero-order chi connectivity index (χ0) is 38.8. The maximum absolute atomic E-state index is 5.35. The molecule has 0 saturated heterocycles. The minimum atomic E-state index is -0.0489. The maximum atomic E-state index is 5.35. The first kappa shape index (κ1) is 34.3. The molecule has 0 N–H and O–H groups in total. The lowest BCUT2D eigenvalue weighted by molar-refractivity contribution is 0.660. The van der Waals surface area contributed by atoms with Gasteiger partial charge in [-0.05, 0) is 98.1 Å². The molecule has 0 unspecified atom stereocenters. The Kier molecular flexibility index (Phi) is 8.06. The van der Waals surface area contributed by atoms with Crippen LogP contribution in [0.1, 0.15) is 25.0 Å². The Morgan fingerprint density at radius 2 is 0.931 bits per heavy atom. The molecule has 58 heavy (non-hydrogen) atoms. The van der Waals surface area contributed by atoms with Crippen LogP contribution in [-0.2, 0) is 5.41 Å². The molecule has 0 amide bonds. The molecule has 0 saturated carbocycles. The molecule has 274 valence electrons. The van der Waals surface area contributed by atoms with E-state index < -0.39 is 0 Å². The van der Waals surface area contributed by atoms with Crippen molar-refractivity contribution in [2.24, 2.45) is 0 Å². The fourth-order valence-electron chi connectivity index (χ4n) is 8.92. The van der Waals surface area contributed by atoms with Gasteiger partial charge in [0, 0.05) is 42.3 Å². The molecule has 2 nitrogen and oxygen atoms in total. The number of benzene rings is 8. The molecule has 2 aromatic heterocycles. The van der Waals surface area contributed by atoms with Crippen molar-refractivity contribution >= 4 is 31.5 Å². The summed E-state index contributed by atoms with van der Waals surface area (Å²) in [7, 11) is 0. The van der Waals surface area contributed by atoms with Gasteiger partial charge in [0.1, 0.15) is 0 Å². The number of aromatic nitrogens is 2. The molecule has 8 aromatic carbocycles. The third-order valence-electron chi connectivity index (χ3n) is 11.9. The predicted octanol–water partition coefficient (Wildman–Crippen LogP) is 15.2. The number of fused-ring (bicyclic) bond motifs is 6. The van der Waals surface area contributed by atoms with Gasteiger partial charge in [-0.1, -0.05) is 166 Å². The highest BCUT2D eigenvalue weighted by atomic mass is 32.1. The Balaban J connectivity index is 1.05. The summed E-state index contributed by atoms with van der Waals surface area (Å²) in [6.45, 7) is 4.67. The number of hydrogen-bond donors (Lipinski definition) is 0. The van der Waals surface area contributed by atoms with E-state index in [0.29, 0.717) is 5.82 Å². The van der Waals surface area contributed by atoms with Gasteiger partial charge in [-0.15, -0.1) is 11.3 Å². The molecule has 0 atom stereocenters. The second-order valence-electron chi connectivity index (χ2n) is 15.8. The number of nitrogens with zero attached hydrogens (tertiary/aromatic N) is 2. The van der Waals surface area contributed by atoms with Gasteiger partial charge in [0.25, 0.3) is 0 Å². The zero-order valence-electron chi connectivity index (χ0n) is 32.3. The summed E-state index contributed by atoms with van der Waals surface area (Å²) in [4.78, 5) is 10.6. The van der Waals surface area contributed by atoms with E-state index in [0.717, 1.165) is 39.2 Å². The molecule has 2 heterocycles. The molecule has 1 aliphatic carbocycles. The lowest BCUT2D eigenvalue weighted by Crippen LogP contribution is -2.14. The first-order chi connectivity index (χ1) is 28.5. The van der Waals surface area contributed by atoms with Crippen molar-refractivity contribution in [1.82, 2.24) is 9.97 Å². The van der Waals surface area contributed by atoms with E-state index in [2.05, 4.69) is 202 Å². The van der Waals surface area contributed by atoms with E-state index in [1.54, 1.807) is 0 Å². The van der Waals surface area contributed by atoms with Gasteiger partial charge < -0.3 is 0 Å². The van der Waals surface area contributed by atoms with Crippen LogP contribution < -0.4 is 0 Å². The van der Waals surface area contributed by atoms with E-state index in [1.165, 1.54) is 64.7 Å². The smallest absolute Gasteiger partial charge is 0.160 e. The molecule has 0 radical (unpaired) electrons. The van der Waals surface area contributed by atoms with E-state index in [1.807, 2.05) is 17.4 Å². The van der Waals surface area contributed by atoms with Crippen LogP contribution in [0.2, 0.25) is 0 Å². The Hall–Kier alpha value is -6.94. The van der Waals surface area contributed by atoms with Crippen LogP contribution in [0.15, 0.2) is 194 Å². The third-order valence-corrected chi connectivity index (χ3v) is 13.1. The van der Waals surface area contributed by atoms with Crippen LogP contribution in [-0.4, -0.2) is 9.97 Å². The minimum absolute atomic E-state index is 0.0489. The van der Waals surface area contributed by atoms with Crippen LogP contribution in [0.4, 0.5) is 0 Å². The fourth-order valence-corrected chi connectivity index (χ4v) is 10.0. The molecule has 10 aromatic rings. The Morgan fingerprint density at radius 1 is 0.362 bits per heavy atom. The first-order valence-corrected chi connectivity index (χ1v) is 20.7. The molecule has 1 aliphatic rings. The number of thiophene rings is 1. The van der Waals surface area contributed by atoms with Gasteiger partial charge in [0.15, 0.2) is 5.82 Å². The fraction of sp³-hybridized carbons (Fsp3) is 0.0545. The second kappa shape index (κ2) is 13.6. The molecule has 0 fully saturated rings. The minimum Gasteiger partial charge on any atom is -0.228 e. The van der Waals surface area contributed by atoms with Crippen molar-refractivity contribution in [3.8, 4) is 78.4 Å². The first-order valence-electron chi connectivity index (χ1n) is 19.9. The van der Waals surface area contributed by atoms with Crippen LogP contribution in [0.25, 0.3) is 98.6 Å². The Bertz CT molecular complexity index is 3180. The number of rotatable bonds is 6. The molecular weight excluding hydrogens is 721 g/mol. The average molecular weight is 759 g/mol. The van der Waals surface area contributed by atoms with Crippen molar-refractivity contribution in [3.05, 3.63) is 205 Å². The standard InChI is InChI=1S/C55H38N2S/c1-55(2)47-21-11-9-19-45(47)53-43(20-13-22-48(53)55)36-24-26-38(27-25-36)54-56-49(37-16-7-4-8-17-37)34-50(57-54)42-31-40(35-14-5-3-6-15-35)30-41(32-42)39-28-29-52-46(33-39)44-18-10-12-23-51(44)58-52/h3-34H,1-2H3. The van der Waals surface area contributed by atoms with Crippen LogP contribution in [0, 0.1) is 0 Å². The highest BCUT2D eigenvalue weighted by Gasteiger charge is 2.36. The van der Waals surface area contributed by atoms with Crippen LogP contribution >= 0.6 is 11.3 Å². The third kappa shape index (κ3) is 5.78. The summed E-state index contributed by atoms with van der Waals surface area (Å²) < 4.78 is 2.61. The lowest BCUT2D eigenvalue weighted by Gasteiger charge is -2.21. The van der Waals surface area contributed by atoms with Gasteiger partial charge in [-0.2, -0.15) is 0 Å².